The fraction of sp³-hybridized carbons (Fsp3) is 0.400. The van der Waals surface area contributed by atoms with Crippen molar-refractivity contribution in [1.82, 2.24) is 0 Å². The summed E-state index contributed by atoms with van der Waals surface area (Å²) in [6.07, 6.45) is 0.810. The topological polar surface area (TPSA) is 35.2 Å². The van der Waals surface area contributed by atoms with E-state index in [0.717, 1.165) is 6.42 Å². The standard InChI is InChI=1S/C10H12FNO.ClH/c11-8-2-1-3-9-10(8)7(6-12)4-5-13-9;/h1-3,7H,4-6,12H2;1H. The highest BCUT2D eigenvalue weighted by atomic mass is 35.5. The molecular weight excluding hydrogens is 205 g/mol. The molecule has 14 heavy (non-hydrogen) atoms. The predicted octanol–water partition coefficient (Wildman–Crippen LogP) is 2.07. The first kappa shape index (κ1) is 11.3. The van der Waals surface area contributed by atoms with Gasteiger partial charge in [-0.05, 0) is 25.1 Å². The van der Waals surface area contributed by atoms with Crippen LogP contribution >= 0.6 is 12.4 Å². The number of fused-ring (bicyclic) bond motifs is 1. The Morgan fingerprint density at radius 3 is 3.00 bits per heavy atom. The molecule has 1 aliphatic heterocycles. The highest BCUT2D eigenvalue weighted by Gasteiger charge is 2.23. The van der Waals surface area contributed by atoms with Crippen LogP contribution in [0.5, 0.6) is 5.75 Å². The van der Waals surface area contributed by atoms with Crippen molar-refractivity contribution in [2.24, 2.45) is 5.73 Å². The number of halogens is 2. The van der Waals surface area contributed by atoms with E-state index in [9.17, 15) is 4.39 Å². The first-order valence-corrected chi connectivity index (χ1v) is 4.44. The molecule has 0 aromatic heterocycles. The van der Waals surface area contributed by atoms with Gasteiger partial charge in [0.2, 0.25) is 0 Å². The van der Waals surface area contributed by atoms with E-state index >= 15 is 0 Å². The second-order valence-corrected chi connectivity index (χ2v) is 3.22. The van der Waals surface area contributed by atoms with Gasteiger partial charge in [0, 0.05) is 11.5 Å². The molecule has 2 rings (SSSR count). The predicted molar refractivity (Wildman–Crippen MR) is 55.6 cm³/mol. The van der Waals surface area contributed by atoms with Crippen molar-refractivity contribution in [3.05, 3.63) is 29.6 Å². The fourth-order valence-electron chi connectivity index (χ4n) is 1.73. The van der Waals surface area contributed by atoms with Crippen LogP contribution in [0.4, 0.5) is 4.39 Å². The third-order valence-corrected chi connectivity index (χ3v) is 2.43. The zero-order valence-corrected chi connectivity index (χ0v) is 8.52. The highest BCUT2D eigenvalue weighted by Crippen LogP contribution is 2.34. The Morgan fingerprint density at radius 1 is 1.50 bits per heavy atom. The summed E-state index contributed by atoms with van der Waals surface area (Å²) in [5.74, 6) is 0.569. The zero-order chi connectivity index (χ0) is 9.26. The summed E-state index contributed by atoms with van der Waals surface area (Å²) < 4.78 is 18.7. The second-order valence-electron chi connectivity index (χ2n) is 3.22. The fourth-order valence-corrected chi connectivity index (χ4v) is 1.73. The van der Waals surface area contributed by atoms with Gasteiger partial charge in [-0.2, -0.15) is 0 Å². The molecule has 0 amide bonds. The van der Waals surface area contributed by atoms with Crippen molar-refractivity contribution in [3.63, 3.8) is 0 Å². The minimum atomic E-state index is -0.201. The van der Waals surface area contributed by atoms with Crippen LogP contribution in [-0.2, 0) is 0 Å². The Balaban J connectivity index is 0.000000980. The first-order valence-electron chi connectivity index (χ1n) is 4.44. The molecule has 0 radical (unpaired) electrons. The Kier molecular flexibility index (Phi) is 3.72. The average molecular weight is 218 g/mol. The zero-order valence-electron chi connectivity index (χ0n) is 7.70. The van der Waals surface area contributed by atoms with Gasteiger partial charge < -0.3 is 10.5 Å². The Bertz CT molecular complexity index is 319. The molecule has 1 aliphatic rings. The van der Waals surface area contributed by atoms with Gasteiger partial charge in [0.1, 0.15) is 11.6 Å². The van der Waals surface area contributed by atoms with E-state index in [1.54, 1.807) is 12.1 Å². The maximum atomic E-state index is 13.4. The third kappa shape index (κ3) is 1.83. The monoisotopic (exact) mass is 217 g/mol. The molecule has 0 bridgehead atoms. The van der Waals surface area contributed by atoms with E-state index in [1.165, 1.54) is 6.07 Å². The minimum absolute atomic E-state index is 0. The van der Waals surface area contributed by atoms with E-state index in [0.29, 0.717) is 24.5 Å². The van der Waals surface area contributed by atoms with E-state index in [1.807, 2.05) is 0 Å². The van der Waals surface area contributed by atoms with Gasteiger partial charge in [-0.15, -0.1) is 12.4 Å². The molecule has 0 fully saturated rings. The number of nitrogens with two attached hydrogens (primary N) is 1. The molecule has 4 heteroatoms. The van der Waals surface area contributed by atoms with Crippen LogP contribution < -0.4 is 10.5 Å². The minimum Gasteiger partial charge on any atom is -0.493 e. The van der Waals surface area contributed by atoms with Crippen LogP contribution in [0.25, 0.3) is 0 Å². The van der Waals surface area contributed by atoms with Crippen molar-refractivity contribution in [2.45, 2.75) is 12.3 Å². The lowest BCUT2D eigenvalue weighted by molar-refractivity contribution is 0.263. The molecule has 0 saturated heterocycles. The first-order chi connectivity index (χ1) is 6.33. The Morgan fingerprint density at radius 2 is 2.29 bits per heavy atom. The van der Waals surface area contributed by atoms with Crippen LogP contribution in [0.2, 0.25) is 0 Å². The smallest absolute Gasteiger partial charge is 0.130 e. The average Bonchev–Trinajstić information content (AvgIpc) is 2.17. The Labute approximate surface area is 88.7 Å². The molecule has 78 valence electrons. The van der Waals surface area contributed by atoms with E-state index in [-0.39, 0.29) is 24.1 Å². The van der Waals surface area contributed by atoms with Crippen molar-refractivity contribution in [3.8, 4) is 5.75 Å². The molecule has 2 nitrogen and oxygen atoms in total. The quantitative estimate of drug-likeness (QED) is 0.782. The molecule has 1 atom stereocenters. The molecule has 0 saturated carbocycles. The van der Waals surface area contributed by atoms with Gasteiger partial charge in [-0.1, -0.05) is 6.07 Å². The lowest BCUT2D eigenvalue weighted by Gasteiger charge is -2.24. The van der Waals surface area contributed by atoms with Gasteiger partial charge in [-0.25, -0.2) is 4.39 Å². The second kappa shape index (κ2) is 4.62. The van der Waals surface area contributed by atoms with Crippen molar-refractivity contribution < 1.29 is 9.13 Å². The molecule has 1 aromatic carbocycles. The molecular formula is C10H13ClFNO. The number of ether oxygens (including phenoxy) is 1. The van der Waals surface area contributed by atoms with E-state index in [4.69, 9.17) is 10.5 Å². The summed E-state index contributed by atoms with van der Waals surface area (Å²) in [4.78, 5) is 0. The van der Waals surface area contributed by atoms with Crippen LogP contribution in [0, 0.1) is 5.82 Å². The summed E-state index contributed by atoms with van der Waals surface area (Å²) in [5, 5.41) is 0. The number of benzene rings is 1. The van der Waals surface area contributed by atoms with Gasteiger partial charge in [0.15, 0.2) is 0 Å². The van der Waals surface area contributed by atoms with Crippen LogP contribution in [0.15, 0.2) is 18.2 Å². The normalized spacial score (nSPS) is 19.1. The van der Waals surface area contributed by atoms with Crippen LogP contribution in [0.1, 0.15) is 17.9 Å². The van der Waals surface area contributed by atoms with Crippen LogP contribution in [-0.4, -0.2) is 13.2 Å². The van der Waals surface area contributed by atoms with Crippen molar-refractivity contribution in [2.75, 3.05) is 13.2 Å². The van der Waals surface area contributed by atoms with Crippen molar-refractivity contribution in [1.29, 1.82) is 0 Å². The molecule has 2 N–H and O–H groups in total. The molecule has 1 aromatic rings. The van der Waals surface area contributed by atoms with Gasteiger partial charge in [0.25, 0.3) is 0 Å². The third-order valence-electron chi connectivity index (χ3n) is 2.43. The number of rotatable bonds is 1. The molecule has 0 aliphatic carbocycles. The highest BCUT2D eigenvalue weighted by molar-refractivity contribution is 5.85. The Hall–Kier alpha value is -0.800. The summed E-state index contributed by atoms with van der Waals surface area (Å²) in [6, 6.07) is 4.91. The SMILES string of the molecule is Cl.NCC1CCOc2cccc(F)c21. The van der Waals surface area contributed by atoms with E-state index in [2.05, 4.69) is 0 Å². The lowest BCUT2D eigenvalue weighted by atomic mass is 9.93. The van der Waals surface area contributed by atoms with Gasteiger partial charge >= 0.3 is 0 Å². The largest absolute Gasteiger partial charge is 0.493 e. The summed E-state index contributed by atoms with van der Waals surface area (Å²) >= 11 is 0. The number of hydrogen-bond acceptors (Lipinski definition) is 2. The van der Waals surface area contributed by atoms with E-state index < -0.39 is 0 Å². The molecule has 1 unspecified atom stereocenters. The summed E-state index contributed by atoms with van der Waals surface area (Å²) in [5.41, 5.74) is 6.21. The van der Waals surface area contributed by atoms with Crippen LogP contribution in [0.3, 0.4) is 0 Å². The van der Waals surface area contributed by atoms with Gasteiger partial charge in [-0.3, -0.25) is 0 Å². The maximum Gasteiger partial charge on any atom is 0.130 e. The molecule has 0 spiro atoms. The number of hydrogen-bond donors (Lipinski definition) is 1. The lowest BCUT2D eigenvalue weighted by Crippen LogP contribution is -2.22. The summed E-state index contributed by atoms with van der Waals surface area (Å²) in [6.45, 7) is 1.12. The van der Waals surface area contributed by atoms with Gasteiger partial charge in [0.05, 0.1) is 6.61 Å². The maximum absolute atomic E-state index is 13.4. The van der Waals surface area contributed by atoms with Crippen molar-refractivity contribution >= 4 is 12.4 Å². The molecule has 1 heterocycles. The summed E-state index contributed by atoms with van der Waals surface area (Å²) in [7, 11) is 0.